The number of hydrogen-bond donors (Lipinski definition) is 0. The highest BCUT2D eigenvalue weighted by Gasteiger charge is 2.19. The van der Waals surface area contributed by atoms with Gasteiger partial charge in [0.2, 0.25) is 0 Å². The Hall–Kier alpha value is -1.85. The molecule has 0 aromatic heterocycles. The Morgan fingerprint density at radius 2 is 0.458 bits per heavy atom. The minimum Gasteiger partial charge on any atom is -0.462 e. The number of rotatable bonds is 61. The van der Waals surface area contributed by atoms with Crippen molar-refractivity contribution in [2.24, 2.45) is 0 Å². The van der Waals surface area contributed by atoms with Crippen LogP contribution in [0.5, 0.6) is 0 Å². The van der Waals surface area contributed by atoms with Crippen LogP contribution >= 0.6 is 0 Å². The minimum atomic E-state index is -0.768. The van der Waals surface area contributed by atoms with Crippen molar-refractivity contribution in [2.75, 3.05) is 13.2 Å². The summed E-state index contributed by atoms with van der Waals surface area (Å²) in [5.74, 6) is -0.846. The Bertz CT molecular complexity index is 1120. The summed E-state index contributed by atoms with van der Waals surface area (Å²) in [5.41, 5.74) is 0. The summed E-state index contributed by atoms with van der Waals surface area (Å²) >= 11 is 0. The number of esters is 3. The molecule has 0 aliphatic heterocycles. The molecule has 6 nitrogen and oxygen atoms in total. The molecule has 0 saturated heterocycles. The van der Waals surface area contributed by atoms with E-state index in [9.17, 15) is 14.4 Å². The summed E-state index contributed by atoms with van der Waals surface area (Å²) < 4.78 is 16.9. The molecule has 426 valence electrons. The zero-order chi connectivity index (χ0) is 52.2. The number of carbonyl (C=O) groups is 3. The van der Waals surface area contributed by atoms with Gasteiger partial charge in [-0.3, -0.25) is 14.4 Å². The van der Waals surface area contributed by atoms with Crippen molar-refractivity contribution >= 4 is 17.9 Å². The van der Waals surface area contributed by atoms with E-state index < -0.39 is 6.10 Å². The molecule has 0 fully saturated rings. The van der Waals surface area contributed by atoms with E-state index in [0.29, 0.717) is 19.3 Å². The molecule has 0 aromatic rings. The van der Waals surface area contributed by atoms with E-state index in [1.165, 1.54) is 270 Å². The van der Waals surface area contributed by atoms with E-state index in [2.05, 4.69) is 32.9 Å². The fourth-order valence-electron chi connectivity index (χ4n) is 10.1. The van der Waals surface area contributed by atoms with Gasteiger partial charge in [0, 0.05) is 19.3 Å². The quantitative estimate of drug-likeness (QED) is 0.0261. The first kappa shape index (κ1) is 70.1. The summed E-state index contributed by atoms with van der Waals surface area (Å²) in [7, 11) is 0. The van der Waals surface area contributed by atoms with Crippen molar-refractivity contribution in [1.82, 2.24) is 0 Å². The van der Waals surface area contributed by atoms with Gasteiger partial charge in [-0.25, -0.2) is 0 Å². The first-order chi connectivity index (χ1) is 35.5. The highest BCUT2D eigenvalue weighted by molar-refractivity contribution is 5.71. The van der Waals surface area contributed by atoms with Crippen LogP contribution in [-0.4, -0.2) is 37.2 Å². The molecule has 0 aromatic carbocycles. The van der Waals surface area contributed by atoms with E-state index in [0.717, 1.165) is 64.2 Å². The predicted octanol–water partition coefficient (Wildman–Crippen LogP) is 22.1. The van der Waals surface area contributed by atoms with E-state index in [1.54, 1.807) is 0 Å². The molecular formula is C66H126O6. The van der Waals surface area contributed by atoms with Gasteiger partial charge in [0.05, 0.1) is 0 Å². The molecule has 0 aliphatic rings. The molecule has 0 rings (SSSR count). The highest BCUT2D eigenvalue weighted by Crippen LogP contribution is 2.18. The van der Waals surface area contributed by atoms with Gasteiger partial charge >= 0.3 is 17.9 Å². The predicted molar refractivity (Wildman–Crippen MR) is 312 cm³/mol. The summed E-state index contributed by atoms with van der Waals surface area (Å²) in [6, 6.07) is 0. The van der Waals surface area contributed by atoms with Crippen LogP contribution in [0.15, 0.2) is 12.2 Å². The second-order valence-electron chi connectivity index (χ2n) is 22.4. The van der Waals surface area contributed by atoms with Gasteiger partial charge in [0.1, 0.15) is 13.2 Å². The van der Waals surface area contributed by atoms with Crippen molar-refractivity contribution in [3.05, 3.63) is 12.2 Å². The number of ether oxygens (including phenoxy) is 3. The molecule has 0 aliphatic carbocycles. The van der Waals surface area contributed by atoms with E-state index in [4.69, 9.17) is 14.2 Å². The fourth-order valence-corrected chi connectivity index (χ4v) is 10.1. The van der Waals surface area contributed by atoms with Crippen LogP contribution in [0.2, 0.25) is 0 Å². The molecular weight excluding hydrogens is 889 g/mol. The molecule has 0 radical (unpaired) electrons. The van der Waals surface area contributed by atoms with E-state index >= 15 is 0 Å². The van der Waals surface area contributed by atoms with Crippen LogP contribution < -0.4 is 0 Å². The lowest BCUT2D eigenvalue weighted by atomic mass is 10.0. The SMILES string of the molecule is CCCCC/C=C\CCCCCCCC(=O)OCC(COC(=O)CCCCCCCCCCCCCCCCCCCCCCCCCCCC)OC(=O)CCCCCCCCCCCCCCCCCC. The standard InChI is InChI=1S/C66H126O6/c1-4-7-10-13-16-19-22-25-27-29-30-31-32-33-34-35-36-37-38-40-41-44-47-50-53-56-59-65(68)71-62-63(61-70-64(67)58-55-52-49-46-43-24-21-18-15-12-9-6-3)72-66(69)60-57-54-51-48-45-42-39-28-26-23-20-17-14-11-8-5-2/h18,21,63H,4-17,19-20,22-62H2,1-3H3/b21-18-. The molecule has 0 saturated carbocycles. The van der Waals surface area contributed by atoms with Crippen LogP contribution in [0.25, 0.3) is 0 Å². The van der Waals surface area contributed by atoms with Crippen LogP contribution in [0.1, 0.15) is 374 Å². The summed E-state index contributed by atoms with van der Waals surface area (Å²) in [6.45, 7) is 6.68. The zero-order valence-electron chi connectivity index (χ0n) is 49.0. The highest BCUT2D eigenvalue weighted by atomic mass is 16.6. The molecule has 0 amide bonds. The van der Waals surface area contributed by atoms with Gasteiger partial charge in [0.25, 0.3) is 0 Å². The molecule has 1 atom stereocenters. The lowest BCUT2D eigenvalue weighted by Crippen LogP contribution is -2.30. The third-order valence-electron chi connectivity index (χ3n) is 15.0. The van der Waals surface area contributed by atoms with Gasteiger partial charge in [-0.05, 0) is 44.9 Å². The van der Waals surface area contributed by atoms with Gasteiger partial charge in [-0.15, -0.1) is 0 Å². The Kier molecular flexibility index (Phi) is 60.1. The number of allylic oxidation sites excluding steroid dienone is 2. The Balaban J connectivity index is 4.16. The molecule has 72 heavy (non-hydrogen) atoms. The average molecular weight is 1020 g/mol. The molecule has 0 N–H and O–H groups in total. The van der Waals surface area contributed by atoms with Crippen LogP contribution in [0.4, 0.5) is 0 Å². The van der Waals surface area contributed by atoms with E-state index in [1.807, 2.05) is 0 Å². The molecule has 0 heterocycles. The van der Waals surface area contributed by atoms with Crippen LogP contribution in [0.3, 0.4) is 0 Å². The van der Waals surface area contributed by atoms with Crippen molar-refractivity contribution < 1.29 is 28.6 Å². The topological polar surface area (TPSA) is 78.9 Å². The maximum absolute atomic E-state index is 12.9. The van der Waals surface area contributed by atoms with Gasteiger partial charge in [0.15, 0.2) is 6.10 Å². The van der Waals surface area contributed by atoms with Gasteiger partial charge in [-0.2, -0.15) is 0 Å². The molecule has 1 unspecified atom stereocenters. The smallest absolute Gasteiger partial charge is 0.306 e. The van der Waals surface area contributed by atoms with E-state index in [-0.39, 0.29) is 31.1 Å². The van der Waals surface area contributed by atoms with Crippen LogP contribution in [0, 0.1) is 0 Å². The maximum atomic E-state index is 12.9. The zero-order valence-corrected chi connectivity index (χ0v) is 49.0. The average Bonchev–Trinajstić information content (AvgIpc) is 3.38. The van der Waals surface area contributed by atoms with Crippen molar-refractivity contribution in [2.45, 2.75) is 380 Å². The van der Waals surface area contributed by atoms with Crippen molar-refractivity contribution in [3.8, 4) is 0 Å². The monoisotopic (exact) mass is 1010 g/mol. The largest absolute Gasteiger partial charge is 0.462 e. The summed E-state index contributed by atoms with van der Waals surface area (Å²) in [4.78, 5) is 38.2. The van der Waals surface area contributed by atoms with Gasteiger partial charge < -0.3 is 14.2 Å². The molecule has 0 spiro atoms. The molecule has 6 heteroatoms. The Morgan fingerprint density at radius 1 is 0.264 bits per heavy atom. The molecule has 0 bridgehead atoms. The third kappa shape index (κ3) is 59.0. The first-order valence-electron chi connectivity index (χ1n) is 32.7. The number of unbranched alkanes of at least 4 members (excludes halogenated alkanes) is 48. The second kappa shape index (κ2) is 61.7. The first-order valence-corrected chi connectivity index (χ1v) is 32.7. The summed E-state index contributed by atoms with van der Waals surface area (Å²) in [6.07, 6.45) is 72.3. The van der Waals surface area contributed by atoms with Crippen molar-refractivity contribution in [1.29, 1.82) is 0 Å². The Labute approximate surface area is 450 Å². The van der Waals surface area contributed by atoms with Crippen molar-refractivity contribution in [3.63, 3.8) is 0 Å². The lowest BCUT2D eigenvalue weighted by molar-refractivity contribution is -0.167. The normalized spacial score (nSPS) is 12.0. The number of hydrogen-bond acceptors (Lipinski definition) is 6. The second-order valence-corrected chi connectivity index (χ2v) is 22.4. The minimum absolute atomic E-state index is 0.0661. The maximum Gasteiger partial charge on any atom is 0.306 e. The Morgan fingerprint density at radius 3 is 0.722 bits per heavy atom. The lowest BCUT2D eigenvalue weighted by Gasteiger charge is -2.18. The summed E-state index contributed by atoms with van der Waals surface area (Å²) in [5, 5.41) is 0. The number of carbonyl (C=O) groups excluding carboxylic acids is 3. The fraction of sp³-hybridized carbons (Fsp3) is 0.924. The van der Waals surface area contributed by atoms with Crippen LogP contribution in [-0.2, 0) is 28.6 Å². The third-order valence-corrected chi connectivity index (χ3v) is 15.0. The van der Waals surface area contributed by atoms with Gasteiger partial charge in [-0.1, -0.05) is 322 Å².